The van der Waals surface area contributed by atoms with Crippen molar-refractivity contribution in [2.75, 3.05) is 0 Å². The Labute approximate surface area is 95.1 Å². The molecule has 2 rings (SSSR count). The number of nitrogens with zero attached hydrogens (tertiary/aromatic N) is 2. The van der Waals surface area contributed by atoms with Gasteiger partial charge in [0.2, 0.25) is 0 Å². The largest absolute Gasteiger partial charge is 0.467 e. The minimum atomic E-state index is 0.386. The average Bonchev–Trinajstić information content (AvgIpc) is 2.82. The third-order valence-corrected chi connectivity index (χ3v) is 2.63. The molecule has 0 aliphatic heterocycles. The van der Waals surface area contributed by atoms with E-state index in [1.165, 1.54) is 0 Å². The average molecular weight is 219 g/mol. The minimum absolute atomic E-state index is 0.386. The summed E-state index contributed by atoms with van der Waals surface area (Å²) < 4.78 is 7.18. The monoisotopic (exact) mass is 219 g/mol. The summed E-state index contributed by atoms with van der Waals surface area (Å²) in [7, 11) is 1.93. The van der Waals surface area contributed by atoms with Gasteiger partial charge in [0.25, 0.3) is 0 Å². The molecule has 2 aromatic rings. The third-order valence-electron chi connectivity index (χ3n) is 2.63. The van der Waals surface area contributed by atoms with Crippen molar-refractivity contribution in [1.29, 1.82) is 0 Å². The number of rotatable bonds is 3. The molecule has 86 valence electrons. The maximum Gasteiger partial charge on any atom is 0.125 e. The van der Waals surface area contributed by atoms with Crippen LogP contribution in [-0.4, -0.2) is 9.78 Å². The molecule has 2 N–H and O–H groups in total. The molecule has 0 atom stereocenters. The summed E-state index contributed by atoms with van der Waals surface area (Å²) in [6.45, 7) is 4.68. The van der Waals surface area contributed by atoms with Crippen LogP contribution in [0.3, 0.4) is 0 Å². The van der Waals surface area contributed by atoms with Crippen molar-refractivity contribution in [1.82, 2.24) is 9.78 Å². The van der Waals surface area contributed by atoms with E-state index >= 15 is 0 Å². The number of aryl methyl sites for hydroxylation is 1. The number of furan rings is 1. The van der Waals surface area contributed by atoms with Crippen molar-refractivity contribution in [3.63, 3.8) is 0 Å². The summed E-state index contributed by atoms with van der Waals surface area (Å²) in [5.41, 5.74) is 8.90. The van der Waals surface area contributed by atoms with Gasteiger partial charge in [-0.15, -0.1) is 0 Å². The summed E-state index contributed by atoms with van der Waals surface area (Å²) >= 11 is 0. The van der Waals surface area contributed by atoms with Gasteiger partial charge in [0.15, 0.2) is 0 Å². The van der Waals surface area contributed by atoms with Crippen molar-refractivity contribution in [2.45, 2.75) is 26.3 Å². The lowest BCUT2D eigenvalue weighted by Gasteiger charge is -2.04. The van der Waals surface area contributed by atoms with Crippen LogP contribution in [0.5, 0.6) is 0 Å². The highest BCUT2D eigenvalue weighted by atomic mass is 16.3. The molecule has 0 fully saturated rings. The van der Waals surface area contributed by atoms with Crippen LogP contribution in [0.4, 0.5) is 0 Å². The van der Waals surface area contributed by atoms with Crippen LogP contribution in [0.25, 0.3) is 11.1 Å². The molecule has 0 aliphatic rings. The van der Waals surface area contributed by atoms with Gasteiger partial charge in [-0.1, -0.05) is 13.8 Å². The molecule has 0 spiro atoms. The van der Waals surface area contributed by atoms with Crippen molar-refractivity contribution in [2.24, 2.45) is 12.8 Å². The first-order chi connectivity index (χ1) is 7.63. The molecule has 0 aliphatic carbocycles. The number of aromatic nitrogens is 2. The van der Waals surface area contributed by atoms with Crippen LogP contribution in [0.2, 0.25) is 0 Å². The van der Waals surface area contributed by atoms with Crippen molar-refractivity contribution in [3.8, 4) is 11.1 Å². The molecule has 2 aromatic heterocycles. The molecule has 0 aromatic carbocycles. The van der Waals surface area contributed by atoms with E-state index in [0.717, 1.165) is 22.6 Å². The Kier molecular flexibility index (Phi) is 2.83. The molecule has 0 bridgehead atoms. The molecule has 0 radical (unpaired) electrons. The predicted octanol–water partition coefficient (Wildman–Crippen LogP) is 2.26. The highest BCUT2D eigenvalue weighted by Crippen LogP contribution is 2.31. The van der Waals surface area contributed by atoms with Gasteiger partial charge in [-0.2, -0.15) is 5.10 Å². The van der Waals surface area contributed by atoms with E-state index in [4.69, 9.17) is 10.2 Å². The van der Waals surface area contributed by atoms with Crippen LogP contribution in [0.1, 0.15) is 31.2 Å². The molecular formula is C12H17N3O. The first-order valence-corrected chi connectivity index (χ1v) is 5.43. The van der Waals surface area contributed by atoms with Crippen LogP contribution in [-0.2, 0) is 13.6 Å². The lowest BCUT2D eigenvalue weighted by Crippen LogP contribution is -1.97. The lowest BCUT2D eigenvalue weighted by atomic mass is 10.0. The van der Waals surface area contributed by atoms with Gasteiger partial charge < -0.3 is 10.2 Å². The molecule has 2 heterocycles. The first kappa shape index (κ1) is 11.0. The van der Waals surface area contributed by atoms with Gasteiger partial charge in [-0.3, -0.25) is 4.68 Å². The summed E-state index contributed by atoms with van der Waals surface area (Å²) in [5, 5.41) is 4.48. The second-order valence-corrected chi connectivity index (χ2v) is 4.22. The summed E-state index contributed by atoms with van der Waals surface area (Å²) in [6, 6.07) is 1.95. The van der Waals surface area contributed by atoms with E-state index in [0.29, 0.717) is 12.5 Å². The molecule has 0 amide bonds. The van der Waals surface area contributed by atoms with E-state index in [2.05, 4.69) is 18.9 Å². The number of hydrogen-bond acceptors (Lipinski definition) is 3. The lowest BCUT2D eigenvalue weighted by molar-refractivity contribution is 0.513. The first-order valence-electron chi connectivity index (χ1n) is 5.43. The number of hydrogen-bond donors (Lipinski definition) is 1. The minimum Gasteiger partial charge on any atom is -0.467 e. The molecule has 0 unspecified atom stereocenters. The van der Waals surface area contributed by atoms with Crippen molar-refractivity contribution < 1.29 is 4.42 Å². The number of nitrogens with two attached hydrogens (primary N) is 1. The van der Waals surface area contributed by atoms with E-state index in [-0.39, 0.29) is 0 Å². The smallest absolute Gasteiger partial charge is 0.125 e. The zero-order chi connectivity index (χ0) is 11.7. The maximum absolute atomic E-state index is 5.64. The fraction of sp³-hybridized carbons (Fsp3) is 0.417. The van der Waals surface area contributed by atoms with E-state index in [1.807, 2.05) is 24.0 Å². The van der Waals surface area contributed by atoms with Crippen molar-refractivity contribution >= 4 is 0 Å². The Morgan fingerprint density at radius 1 is 1.44 bits per heavy atom. The summed E-state index contributed by atoms with van der Waals surface area (Å²) in [4.78, 5) is 0. The second-order valence-electron chi connectivity index (χ2n) is 4.22. The fourth-order valence-corrected chi connectivity index (χ4v) is 1.88. The Bertz CT molecular complexity index is 482. The van der Waals surface area contributed by atoms with E-state index < -0.39 is 0 Å². The van der Waals surface area contributed by atoms with E-state index in [1.54, 1.807) is 6.26 Å². The molecule has 4 nitrogen and oxygen atoms in total. The van der Waals surface area contributed by atoms with Gasteiger partial charge in [0.1, 0.15) is 5.76 Å². The second kappa shape index (κ2) is 4.14. The molecule has 16 heavy (non-hydrogen) atoms. The molecular weight excluding hydrogens is 202 g/mol. The summed E-state index contributed by atoms with van der Waals surface area (Å²) in [6.07, 6.45) is 3.69. The summed E-state index contributed by atoms with van der Waals surface area (Å²) in [5.74, 6) is 1.20. The highest BCUT2D eigenvalue weighted by molar-refractivity contribution is 5.67. The van der Waals surface area contributed by atoms with E-state index in [9.17, 15) is 0 Å². The van der Waals surface area contributed by atoms with Gasteiger partial charge in [-0.05, 0) is 12.0 Å². The Balaban J connectivity index is 2.55. The zero-order valence-corrected chi connectivity index (χ0v) is 9.90. The normalized spacial score (nSPS) is 11.3. The Morgan fingerprint density at radius 3 is 2.81 bits per heavy atom. The Morgan fingerprint density at radius 2 is 2.19 bits per heavy atom. The van der Waals surface area contributed by atoms with Crippen molar-refractivity contribution in [3.05, 3.63) is 30.0 Å². The molecule has 0 saturated heterocycles. The quantitative estimate of drug-likeness (QED) is 0.861. The zero-order valence-electron chi connectivity index (χ0n) is 9.90. The standard InChI is InChI=1S/C12H17N3O/c1-8(2)12-10(7-15(3)14-12)9-4-5-16-11(9)6-13/h4-5,7-8H,6,13H2,1-3H3. The van der Waals surface area contributed by atoms with Gasteiger partial charge >= 0.3 is 0 Å². The molecule has 0 saturated carbocycles. The van der Waals surface area contributed by atoms with Crippen LogP contribution < -0.4 is 5.73 Å². The van der Waals surface area contributed by atoms with Gasteiger partial charge in [0.05, 0.1) is 18.5 Å². The molecule has 4 heteroatoms. The van der Waals surface area contributed by atoms with Crippen LogP contribution >= 0.6 is 0 Å². The van der Waals surface area contributed by atoms with Crippen LogP contribution in [0.15, 0.2) is 22.9 Å². The Hall–Kier alpha value is -1.55. The third kappa shape index (κ3) is 1.76. The predicted molar refractivity (Wildman–Crippen MR) is 62.9 cm³/mol. The topological polar surface area (TPSA) is 57.0 Å². The SMILES string of the molecule is CC(C)c1nn(C)cc1-c1ccoc1CN. The highest BCUT2D eigenvalue weighted by Gasteiger charge is 2.16. The maximum atomic E-state index is 5.64. The van der Waals surface area contributed by atoms with Crippen LogP contribution in [0, 0.1) is 0 Å². The van der Waals surface area contributed by atoms with Gasteiger partial charge in [0, 0.05) is 24.4 Å². The fourth-order valence-electron chi connectivity index (χ4n) is 1.88. The van der Waals surface area contributed by atoms with Gasteiger partial charge in [-0.25, -0.2) is 0 Å².